The van der Waals surface area contributed by atoms with Crippen molar-refractivity contribution in [3.8, 4) is 0 Å². The smallest absolute Gasteiger partial charge is 0.338 e. The molecule has 0 atom stereocenters. The molecular formula is C25H21ClN4O5S. The zero-order valence-corrected chi connectivity index (χ0v) is 20.9. The standard InChI is InChI=1S/C25H21ClN4O5S/c1-3-11-35-24(34)15-7-9-18(10-8-15)30-22(32)19(26)20(23(30)33)28-17-6-4-5-16(12-17)21(31)29-25-27-14(2)13-36-25/h4-10,12-13,28H,3,11H2,1-2H3,(H,27,29,31). The van der Waals surface area contributed by atoms with Crippen molar-refractivity contribution in [1.82, 2.24) is 4.98 Å². The quantitative estimate of drug-likeness (QED) is 0.324. The fraction of sp³-hybridized carbons (Fsp3) is 0.160. The van der Waals surface area contributed by atoms with Crippen molar-refractivity contribution in [2.24, 2.45) is 0 Å². The Kier molecular flexibility index (Phi) is 7.47. The number of nitrogens with one attached hydrogen (secondary N) is 2. The average Bonchev–Trinajstić information content (AvgIpc) is 3.38. The third-order valence-corrected chi connectivity index (χ3v) is 6.29. The number of esters is 1. The Bertz CT molecular complexity index is 1380. The van der Waals surface area contributed by atoms with Gasteiger partial charge in [0.05, 0.1) is 23.6 Å². The van der Waals surface area contributed by atoms with Gasteiger partial charge >= 0.3 is 5.97 Å². The van der Waals surface area contributed by atoms with E-state index >= 15 is 0 Å². The van der Waals surface area contributed by atoms with E-state index in [9.17, 15) is 19.2 Å². The van der Waals surface area contributed by atoms with Crippen LogP contribution >= 0.6 is 22.9 Å². The number of benzene rings is 2. The van der Waals surface area contributed by atoms with E-state index in [2.05, 4.69) is 15.6 Å². The first kappa shape index (κ1) is 25.1. The van der Waals surface area contributed by atoms with Crippen LogP contribution < -0.4 is 15.5 Å². The van der Waals surface area contributed by atoms with E-state index in [-0.39, 0.29) is 22.3 Å². The molecule has 0 radical (unpaired) electrons. The van der Waals surface area contributed by atoms with Crippen LogP contribution in [-0.4, -0.2) is 35.3 Å². The Hall–Kier alpha value is -4.02. The second-order valence-electron chi connectivity index (χ2n) is 7.77. The van der Waals surface area contributed by atoms with Crippen LogP contribution in [0.15, 0.2) is 64.6 Å². The highest BCUT2D eigenvalue weighted by Crippen LogP contribution is 2.30. The molecule has 0 aliphatic carbocycles. The van der Waals surface area contributed by atoms with Gasteiger partial charge in [-0.05, 0) is 55.8 Å². The number of halogens is 1. The number of hydrogen-bond donors (Lipinski definition) is 2. The summed E-state index contributed by atoms with van der Waals surface area (Å²) < 4.78 is 5.09. The first-order valence-corrected chi connectivity index (χ1v) is 12.2. The second-order valence-corrected chi connectivity index (χ2v) is 9.01. The predicted molar refractivity (Wildman–Crippen MR) is 137 cm³/mol. The number of carbonyl (C=O) groups excluding carboxylic acids is 4. The van der Waals surface area contributed by atoms with E-state index in [0.717, 1.165) is 10.6 Å². The number of amides is 3. The summed E-state index contributed by atoms with van der Waals surface area (Å²) >= 11 is 7.52. The minimum absolute atomic E-state index is 0.124. The SMILES string of the molecule is CCCOC(=O)c1ccc(N2C(=O)C(Cl)=C(Nc3cccc(C(=O)Nc4nc(C)cs4)c3)C2=O)cc1. The van der Waals surface area contributed by atoms with Gasteiger partial charge in [0.15, 0.2) is 5.13 Å². The average molecular weight is 525 g/mol. The van der Waals surface area contributed by atoms with Crippen LogP contribution in [0, 0.1) is 6.92 Å². The Morgan fingerprint density at radius 2 is 1.83 bits per heavy atom. The van der Waals surface area contributed by atoms with Gasteiger partial charge in [0.25, 0.3) is 17.7 Å². The molecule has 1 aliphatic rings. The van der Waals surface area contributed by atoms with E-state index < -0.39 is 17.8 Å². The van der Waals surface area contributed by atoms with E-state index in [1.807, 2.05) is 19.2 Å². The molecule has 2 N–H and O–H groups in total. The molecule has 0 saturated carbocycles. The highest BCUT2D eigenvalue weighted by atomic mass is 35.5. The van der Waals surface area contributed by atoms with Gasteiger partial charge in [-0.3, -0.25) is 19.7 Å². The van der Waals surface area contributed by atoms with Crippen LogP contribution in [0.3, 0.4) is 0 Å². The number of aromatic nitrogens is 1. The normalized spacial score (nSPS) is 13.2. The third-order valence-electron chi connectivity index (χ3n) is 5.06. The summed E-state index contributed by atoms with van der Waals surface area (Å²) in [7, 11) is 0. The molecule has 9 nitrogen and oxygen atoms in total. The summed E-state index contributed by atoms with van der Waals surface area (Å²) in [5.41, 5.74) is 1.94. The molecule has 2 heterocycles. The lowest BCUT2D eigenvalue weighted by Crippen LogP contribution is -2.32. The summed E-state index contributed by atoms with van der Waals surface area (Å²) in [5.74, 6) is -2.24. The van der Waals surface area contributed by atoms with Crippen LogP contribution in [0.1, 0.15) is 39.8 Å². The lowest BCUT2D eigenvalue weighted by atomic mass is 10.2. The van der Waals surface area contributed by atoms with Gasteiger partial charge < -0.3 is 10.1 Å². The van der Waals surface area contributed by atoms with E-state index in [0.29, 0.717) is 35.0 Å². The van der Waals surface area contributed by atoms with Crippen molar-refractivity contribution in [2.75, 3.05) is 22.1 Å². The number of rotatable bonds is 8. The minimum Gasteiger partial charge on any atom is -0.462 e. The summed E-state index contributed by atoms with van der Waals surface area (Å²) in [6.45, 7) is 4.01. The van der Waals surface area contributed by atoms with Gasteiger partial charge in [-0.1, -0.05) is 24.6 Å². The van der Waals surface area contributed by atoms with Gasteiger partial charge in [0.1, 0.15) is 10.7 Å². The summed E-state index contributed by atoms with van der Waals surface area (Å²) in [4.78, 5) is 55.6. The van der Waals surface area contributed by atoms with Crippen molar-refractivity contribution in [3.05, 3.63) is 81.5 Å². The third kappa shape index (κ3) is 5.29. The molecule has 1 aromatic heterocycles. The Morgan fingerprint density at radius 1 is 1.08 bits per heavy atom. The fourth-order valence-corrected chi connectivity index (χ4v) is 4.23. The van der Waals surface area contributed by atoms with Crippen molar-refractivity contribution in [1.29, 1.82) is 0 Å². The molecule has 36 heavy (non-hydrogen) atoms. The first-order chi connectivity index (χ1) is 17.3. The predicted octanol–water partition coefficient (Wildman–Crippen LogP) is 4.71. The fourth-order valence-electron chi connectivity index (χ4n) is 3.33. The van der Waals surface area contributed by atoms with Gasteiger partial charge in [-0.15, -0.1) is 11.3 Å². The zero-order valence-electron chi connectivity index (χ0n) is 19.3. The van der Waals surface area contributed by atoms with Crippen molar-refractivity contribution >= 4 is 63.1 Å². The van der Waals surface area contributed by atoms with Crippen LogP contribution in [0.5, 0.6) is 0 Å². The van der Waals surface area contributed by atoms with E-state index in [1.165, 1.54) is 41.7 Å². The number of imide groups is 1. The molecule has 0 unspecified atom stereocenters. The van der Waals surface area contributed by atoms with E-state index in [4.69, 9.17) is 16.3 Å². The van der Waals surface area contributed by atoms with Crippen LogP contribution in [-0.2, 0) is 14.3 Å². The number of anilines is 3. The lowest BCUT2D eigenvalue weighted by molar-refractivity contribution is -0.120. The molecule has 4 rings (SSSR count). The number of ether oxygens (including phenoxy) is 1. The van der Waals surface area contributed by atoms with Crippen LogP contribution in [0.2, 0.25) is 0 Å². The zero-order chi connectivity index (χ0) is 25.8. The van der Waals surface area contributed by atoms with Crippen LogP contribution in [0.4, 0.5) is 16.5 Å². The van der Waals surface area contributed by atoms with Gasteiger partial charge in [0, 0.05) is 16.6 Å². The molecule has 2 aromatic carbocycles. The minimum atomic E-state index is -0.710. The Labute approximate surface area is 215 Å². The number of aryl methyl sites for hydroxylation is 1. The summed E-state index contributed by atoms with van der Waals surface area (Å²) in [6, 6.07) is 12.3. The maximum Gasteiger partial charge on any atom is 0.338 e. The number of carbonyl (C=O) groups is 4. The largest absolute Gasteiger partial charge is 0.462 e. The molecule has 0 bridgehead atoms. The molecular weight excluding hydrogens is 504 g/mol. The highest BCUT2D eigenvalue weighted by Gasteiger charge is 2.39. The number of hydrogen-bond acceptors (Lipinski definition) is 8. The van der Waals surface area contributed by atoms with Gasteiger partial charge in [-0.25, -0.2) is 14.7 Å². The number of nitrogens with zero attached hydrogens (tertiary/aromatic N) is 2. The van der Waals surface area contributed by atoms with Crippen molar-refractivity contribution in [2.45, 2.75) is 20.3 Å². The molecule has 0 fully saturated rings. The summed E-state index contributed by atoms with van der Waals surface area (Å²) in [6.07, 6.45) is 0.694. The van der Waals surface area contributed by atoms with Crippen LogP contribution in [0.25, 0.3) is 0 Å². The van der Waals surface area contributed by atoms with Crippen molar-refractivity contribution in [3.63, 3.8) is 0 Å². The first-order valence-electron chi connectivity index (χ1n) is 10.9. The second kappa shape index (κ2) is 10.7. The number of thiazole rings is 1. The summed E-state index contributed by atoms with van der Waals surface area (Å²) in [5, 5.41) is 7.57. The van der Waals surface area contributed by atoms with Gasteiger partial charge in [0.2, 0.25) is 0 Å². The Morgan fingerprint density at radius 3 is 2.50 bits per heavy atom. The molecule has 11 heteroatoms. The molecule has 1 aliphatic heterocycles. The monoisotopic (exact) mass is 524 g/mol. The van der Waals surface area contributed by atoms with Crippen molar-refractivity contribution < 1.29 is 23.9 Å². The lowest BCUT2D eigenvalue weighted by Gasteiger charge is -2.15. The molecule has 0 spiro atoms. The Balaban J connectivity index is 1.48. The molecule has 0 saturated heterocycles. The molecule has 3 aromatic rings. The molecule has 3 amide bonds. The maximum absolute atomic E-state index is 13.1. The highest BCUT2D eigenvalue weighted by molar-refractivity contribution is 7.13. The van der Waals surface area contributed by atoms with E-state index in [1.54, 1.807) is 18.2 Å². The topological polar surface area (TPSA) is 118 Å². The van der Waals surface area contributed by atoms with Gasteiger partial charge in [-0.2, -0.15) is 0 Å². The maximum atomic E-state index is 13.1. The molecule has 184 valence electrons.